The van der Waals surface area contributed by atoms with E-state index in [0.29, 0.717) is 0 Å². The van der Waals surface area contributed by atoms with Gasteiger partial charge in [-0.25, -0.2) is 0 Å². The number of allylic oxidation sites excluding steroid dienone is 1. The zero-order chi connectivity index (χ0) is 9.97. The molecule has 0 saturated heterocycles. The number of nitrogens with one attached hydrogen (secondary N) is 1. The van der Waals surface area contributed by atoms with E-state index in [9.17, 15) is 4.79 Å². The van der Waals surface area contributed by atoms with E-state index in [1.54, 1.807) is 0 Å². The van der Waals surface area contributed by atoms with E-state index in [0.717, 1.165) is 5.69 Å². The smallest absolute Gasteiger partial charge is 0.231 e. The van der Waals surface area contributed by atoms with E-state index in [4.69, 9.17) is 0 Å². The second kappa shape index (κ2) is 3.66. The summed E-state index contributed by atoms with van der Waals surface area (Å²) >= 11 is 0. The summed E-state index contributed by atoms with van der Waals surface area (Å²) in [5.41, 5.74) is 2.05. The van der Waals surface area contributed by atoms with Gasteiger partial charge in [0.15, 0.2) is 0 Å². The van der Waals surface area contributed by atoms with Crippen molar-refractivity contribution in [2.45, 2.75) is 6.92 Å². The molecule has 1 aromatic carbocycles. The van der Waals surface area contributed by atoms with E-state index >= 15 is 0 Å². The summed E-state index contributed by atoms with van der Waals surface area (Å²) in [6.07, 6.45) is 5.65. The van der Waals surface area contributed by atoms with E-state index in [2.05, 4.69) is 5.32 Å². The Morgan fingerprint density at radius 2 is 1.93 bits per heavy atom. The molecule has 71 valence electrons. The van der Waals surface area contributed by atoms with Crippen molar-refractivity contribution in [3.8, 4) is 0 Å². The number of carbonyl (C=O) groups is 1. The van der Waals surface area contributed by atoms with Crippen molar-refractivity contribution < 1.29 is 4.79 Å². The van der Waals surface area contributed by atoms with Gasteiger partial charge in [-0.15, -0.1) is 0 Å². The van der Waals surface area contributed by atoms with Crippen LogP contribution in [0.5, 0.6) is 0 Å². The van der Waals surface area contributed by atoms with Crippen LogP contribution in [0.3, 0.4) is 0 Å². The first-order chi connectivity index (χ1) is 6.75. The molecule has 1 aromatic rings. The quantitative estimate of drug-likeness (QED) is 0.754. The van der Waals surface area contributed by atoms with E-state index in [1.807, 2.05) is 49.8 Å². The van der Waals surface area contributed by atoms with Crippen LogP contribution in [0.15, 0.2) is 36.4 Å². The maximum Gasteiger partial charge on any atom is 0.231 e. The van der Waals surface area contributed by atoms with Gasteiger partial charge in [-0.3, -0.25) is 4.79 Å². The highest BCUT2D eigenvalue weighted by Crippen LogP contribution is 2.18. The third-order valence-corrected chi connectivity index (χ3v) is 2.26. The van der Waals surface area contributed by atoms with Gasteiger partial charge in [0.1, 0.15) is 0 Å². The van der Waals surface area contributed by atoms with E-state index in [-0.39, 0.29) is 11.8 Å². The van der Waals surface area contributed by atoms with Gasteiger partial charge in [0.25, 0.3) is 0 Å². The molecule has 1 unspecified atom stereocenters. The molecule has 14 heavy (non-hydrogen) atoms. The Balaban J connectivity index is 2.00. The fourth-order valence-corrected chi connectivity index (χ4v) is 1.26. The molecule has 0 aromatic heterocycles. The molecule has 1 N–H and O–H groups in total. The van der Waals surface area contributed by atoms with Crippen molar-refractivity contribution >= 4 is 11.6 Å². The molecule has 2 heteroatoms. The van der Waals surface area contributed by atoms with Crippen molar-refractivity contribution in [3.63, 3.8) is 0 Å². The standard InChI is InChI=1S/C12H12NO/c1-9-5-7-11(8-6-9)13-12(14)10-3-2-4-10/h2-8,10H,1H3,(H,13,14). The van der Waals surface area contributed by atoms with Crippen molar-refractivity contribution in [1.82, 2.24) is 0 Å². The first-order valence-corrected chi connectivity index (χ1v) is 4.65. The Kier molecular flexibility index (Phi) is 2.35. The van der Waals surface area contributed by atoms with Crippen LogP contribution in [0.1, 0.15) is 5.56 Å². The van der Waals surface area contributed by atoms with Gasteiger partial charge in [-0.1, -0.05) is 29.8 Å². The monoisotopic (exact) mass is 186 g/mol. The molecule has 0 fully saturated rings. The molecule has 0 spiro atoms. The Morgan fingerprint density at radius 3 is 2.43 bits per heavy atom. The van der Waals surface area contributed by atoms with Gasteiger partial charge in [0.05, 0.1) is 5.92 Å². The zero-order valence-corrected chi connectivity index (χ0v) is 8.03. The molecule has 0 aliphatic heterocycles. The summed E-state index contributed by atoms with van der Waals surface area (Å²) < 4.78 is 0. The second-order valence-corrected chi connectivity index (χ2v) is 3.46. The van der Waals surface area contributed by atoms with Gasteiger partial charge >= 0.3 is 0 Å². The Hall–Kier alpha value is -1.57. The molecule has 1 radical (unpaired) electrons. The Labute approximate surface area is 83.6 Å². The lowest BCUT2D eigenvalue weighted by atomic mass is 9.94. The van der Waals surface area contributed by atoms with E-state index in [1.165, 1.54) is 5.56 Å². The number of aryl methyl sites for hydroxylation is 1. The molecular formula is C12H12NO. The first kappa shape index (κ1) is 9.00. The van der Waals surface area contributed by atoms with Gasteiger partial charge in [-0.05, 0) is 25.5 Å². The lowest BCUT2D eigenvalue weighted by Crippen LogP contribution is -2.24. The highest BCUT2D eigenvalue weighted by molar-refractivity contribution is 5.95. The molecule has 1 aliphatic carbocycles. The highest BCUT2D eigenvalue weighted by atomic mass is 16.1. The largest absolute Gasteiger partial charge is 0.326 e. The first-order valence-electron chi connectivity index (χ1n) is 4.65. The van der Waals surface area contributed by atoms with Crippen molar-refractivity contribution in [1.29, 1.82) is 0 Å². The van der Waals surface area contributed by atoms with Crippen LogP contribution >= 0.6 is 0 Å². The number of hydrogen-bond acceptors (Lipinski definition) is 1. The van der Waals surface area contributed by atoms with Crippen molar-refractivity contribution in [3.05, 3.63) is 48.4 Å². The van der Waals surface area contributed by atoms with Crippen molar-refractivity contribution in [2.24, 2.45) is 5.92 Å². The third kappa shape index (κ3) is 1.84. The van der Waals surface area contributed by atoms with Crippen LogP contribution in [-0.4, -0.2) is 5.91 Å². The van der Waals surface area contributed by atoms with Crippen LogP contribution in [0, 0.1) is 19.3 Å². The number of amides is 1. The molecule has 0 bridgehead atoms. The number of rotatable bonds is 2. The maximum atomic E-state index is 11.5. The molecule has 1 amide bonds. The van der Waals surface area contributed by atoms with Gasteiger partial charge in [-0.2, -0.15) is 0 Å². The van der Waals surface area contributed by atoms with E-state index < -0.39 is 0 Å². The highest BCUT2D eigenvalue weighted by Gasteiger charge is 2.19. The number of anilines is 1. The molecular weight excluding hydrogens is 174 g/mol. The molecule has 1 aliphatic rings. The Morgan fingerprint density at radius 1 is 1.29 bits per heavy atom. The zero-order valence-electron chi connectivity index (χ0n) is 8.03. The summed E-state index contributed by atoms with van der Waals surface area (Å²) in [4.78, 5) is 11.5. The summed E-state index contributed by atoms with van der Waals surface area (Å²) in [5, 5.41) is 2.85. The normalized spacial score (nSPS) is 18.8. The number of carbonyl (C=O) groups excluding carboxylic acids is 1. The lowest BCUT2D eigenvalue weighted by molar-refractivity contribution is -0.117. The predicted octanol–water partition coefficient (Wildman–Crippen LogP) is 2.32. The van der Waals surface area contributed by atoms with Gasteiger partial charge in [0.2, 0.25) is 5.91 Å². The number of benzene rings is 1. The minimum Gasteiger partial charge on any atom is -0.326 e. The molecule has 1 atom stereocenters. The van der Waals surface area contributed by atoms with Crippen LogP contribution in [0.2, 0.25) is 0 Å². The third-order valence-electron chi connectivity index (χ3n) is 2.26. The molecule has 2 nitrogen and oxygen atoms in total. The number of hydrogen-bond donors (Lipinski definition) is 1. The fraction of sp³-hybridized carbons (Fsp3) is 0.167. The SMILES string of the molecule is Cc1ccc(NC(=O)C2[CH]C=C2)cc1. The van der Waals surface area contributed by atoms with Crippen molar-refractivity contribution in [2.75, 3.05) is 5.32 Å². The maximum absolute atomic E-state index is 11.5. The van der Waals surface area contributed by atoms with Crippen LogP contribution in [0.4, 0.5) is 5.69 Å². The minimum absolute atomic E-state index is 0.0383. The fourth-order valence-electron chi connectivity index (χ4n) is 1.26. The summed E-state index contributed by atoms with van der Waals surface area (Å²) in [6, 6.07) is 7.79. The molecule has 2 rings (SSSR count). The molecule has 0 heterocycles. The average Bonchev–Trinajstić information content (AvgIpc) is 2.06. The minimum atomic E-state index is -0.0451. The van der Waals surface area contributed by atoms with Gasteiger partial charge < -0.3 is 5.32 Å². The topological polar surface area (TPSA) is 29.1 Å². The predicted molar refractivity (Wildman–Crippen MR) is 56.7 cm³/mol. The summed E-state index contributed by atoms with van der Waals surface area (Å²) in [6.45, 7) is 2.02. The van der Waals surface area contributed by atoms with Crippen LogP contribution in [-0.2, 0) is 4.79 Å². The lowest BCUT2D eigenvalue weighted by Gasteiger charge is -2.16. The van der Waals surface area contributed by atoms with Crippen LogP contribution in [0.25, 0.3) is 0 Å². The van der Waals surface area contributed by atoms with Crippen LogP contribution < -0.4 is 5.32 Å². The average molecular weight is 186 g/mol. The summed E-state index contributed by atoms with van der Waals surface area (Å²) in [7, 11) is 0. The molecule has 0 saturated carbocycles. The second-order valence-electron chi connectivity index (χ2n) is 3.46. The van der Waals surface area contributed by atoms with Gasteiger partial charge in [0, 0.05) is 5.69 Å². The summed E-state index contributed by atoms with van der Waals surface area (Å²) in [5.74, 6) is -0.00680. The Bertz CT molecular complexity index is 364.